The Hall–Kier alpha value is -1.86. The maximum Gasteiger partial charge on any atom is 0.320 e. The summed E-state index contributed by atoms with van der Waals surface area (Å²) in [6.07, 6.45) is 0.810. The van der Waals surface area contributed by atoms with Gasteiger partial charge in [0.1, 0.15) is 11.4 Å². The van der Waals surface area contributed by atoms with Crippen LogP contribution in [0.15, 0.2) is 22.9 Å². The van der Waals surface area contributed by atoms with Crippen LogP contribution in [0.2, 0.25) is 0 Å². The van der Waals surface area contributed by atoms with Gasteiger partial charge in [0.05, 0.1) is 12.2 Å². The quantitative estimate of drug-likeness (QED) is 0.791. The number of aryl methyl sites for hydroxylation is 2. The number of thiophene rings is 1. The Morgan fingerprint density at radius 1 is 1.57 bits per heavy atom. The number of amides is 2. The molecule has 2 amide bonds. The van der Waals surface area contributed by atoms with Gasteiger partial charge in [0.2, 0.25) is 0 Å². The molecule has 0 saturated heterocycles. The average Bonchev–Trinajstić information content (AvgIpc) is 3.07. The van der Waals surface area contributed by atoms with E-state index < -0.39 is 5.60 Å². The van der Waals surface area contributed by atoms with Crippen LogP contribution in [0.3, 0.4) is 0 Å². The number of nitrogens with zero attached hydrogens (tertiary/aromatic N) is 2. The Balaban J connectivity index is 1.91. The highest BCUT2D eigenvalue weighted by molar-refractivity contribution is 7.08. The molecule has 21 heavy (non-hydrogen) atoms. The third-order valence-electron chi connectivity index (χ3n) is 3.27. The van der Waals surface area contributed by atoms with Crippen LogP contribution in [-0.4, -0.2) is 27.5 Å². The van der Waals surface area contributed by atoms with Gasteiger partial charge in [-0.05, 0) is 35.7 Å². The molecular weight excluding hydrogens is 288 g/mol. The average molecular weight is 308 g/mol. The topological polar surface area (TPSA) is 79.2 Å². The summed E-state index contributed by atoms with van der Waals surface area (Å²) in [7, 11) is 1.77. The SMILES string of the molecule is CCc1cc(NC(=O)NC[C@](C)(O)c2ccsc2)n(C)n1. The first-order valence-electron chi connectivity index (χ1n) is 6.75. The molecule has 1 atom stereocenters. The van der Waals surface area contributed by atoms with Crippen molar-refractivity contribution in [2.75, 3.05) is 11.9 Å². The number of urea groups is 1. The van der Waals surface area contributed by atoms with Crippen LogP contribution in [0.1, 0.15) is 25.1 Å². The lowest BCUT2D eigenvalue weighted by Crippen LogP contribution is -2.40. The summed E-state index contributed by atoms with van der Waals surface area (Å²) >= 11 is 1.51. The van der Waals surface area contributed by atoms with Gasteiger partial charge < -0.3 is 10.4 Å². The van der Waals surface area contributed by atoms with Crippen LogP contribution in [0.4, 0.5) is 10.6 Å². The third kappa shape index (κ3) is 3.83. The lowest BCUT2D eigenvalue weighted by Gasteiger charge is -2.22. The summed E-state index contributed by atoms with van der Waals surface area (Å²) < 4.78 is 1.62. The predicted molar refractivity (Wildman–Crippen MR) is 83.5 cm³/mol. The number of hydrogen-bond acceptors (Lipinski definition) is 4. The molecule has 2 heterocycles. The summed E-state index contributed by atoms with van der Waals surface area (Å²) in [5.74, 6) is 0.625. The predicted octanol–water partition coefficient (Wildman–Crippen LogP) is 2.07. The molecule has 0 aromatic carbocycles. The number of carbonyl (C=O) groups is 1. The van der Waals surface area contributed by atoms with E-state index in [2.05, 4.69) is 15.7 Å². The monoisotopic (exact) mass is 308 g/mol. The lowest BCUT2D eigenvalue weighted by molar-refractivity contribution is 0.0604. The van der Waals surface area contributed by atoms with Crippen LogP contribution in [0.25, 0.3) is 0 Å². The standard InChI is InChI=1S/C14H20N4O2S/c1-4-11-7-12(18(3)17-11)16-13(19)15-9-14(2,20)10-5-6-21-8-10/h5-8,20H,4,9H2,1-3H3,(H2,15,16,19)/t14-/m0/s1. The Morgan fingerprint density at radius 3 is 2.90 bits per heavy atom. The van der Waals surface area contributed by atoms with Gasteiger partial charge in [-0.15, -0.1) is 0 Å². The van der Waals surface area contributed by atoms with Gasteiger partial charge in [0, 0.05) is 13.1 Å². The molecule has 0 spiro atoms. The molecule has 0 aliphatic heterocycles. The van der Waals surface area contributed by atoms with Crippen molar-refractivity contribution in [1.29, 1.82) is 0 Å². The first kappa shape index (κ1) is 15.5. The van der Waals surface area contributed by atoms with Gasteiger partial charge >= 0.3 is 6.03 Å². The van der Waals surface area contributed by atoms with Crippen LogP contribution < -0.4 is 10.6 Å². The number of aliphatic hydroxyl groups is 1. The van der Waals surface area contributed by atoms with Crippen molar-refractivity contribution in [2.24, 2.45) is 7.05 Å². The molecule has 0 bridgehead atoms. The molecule has 0 fully saturated rings. The minimum atomic E-state index is -1.08. The van der Waals surface area contributed by atoms with Crippen molar-refractivity contribution < 1.29 is 9.90 Å². The number of carbonyl (C=O) groups excluding carboxylic acids is 1. The molecule has 0 aliphatic carbocycles. The van der Waals surface area contributed by atoms with Gasteiger partial charge in [-0.2, -0.15) is 16.4 Å². The largest absolute Gasteiger partial charge is 0.384 e. The molecule has 0 aliphatic rings. The van der Waals surface area contributed by atoms with Crippen molar-refractivity contribution in [3.63, 3.8) is 0 Å². The number of aromatic nitrogens is 2. The van der Waals surface area contributed by atoms with Gasteiger partial charge in [-0.1, -0.05) is 6.92 Å². The second-order valence-electron chi connectivity index (χ2n) is 5.09. The van der Waals surface area contributed by atoms with Crippen molar-refractivity contribution in [2.45, 2.75) is 25.9 Å². The Morgan fingerprint density at radius 2 is 2.33 bits per heavy atom. The fourth-order valence-corrected chi connectivity index (χ4v) is 2.69. The summed E-state index contributed by atoms with van der Waals surface area (Å²) in [6.45, 7) is 3.81. The fourth-order valence-electron chi connectivity index (χ4n) is 1.90. The maximum absolute atomic E-state index is 11.9. The second kappa shape index (κ2) is 6.28. The van der Waals surface area contributed by atoms with Crippen molar-refractivity contribution >= 4 is 23.2 Å². The zero-order valence-electron chi connectivity index (χ0n) is 12.4. The molecule has 3 N–H and O–H groups in total. The Kier molecular flexibility index (Phi) is 4.64. The van der Waals surface area contributed by atoms with E-state index >= 15 is 0 Å². The van der Waals surface area contributed by atoms with E-state index in [1.165, 1.54) is 11.3 Å². The molecular formula is C14H20N4O2S. The molecule has 2 rings (SSSR count). The highest BCUT2D eigenvalue weighted by Crippen LogP contribution is 2.22. The van der Waals surface area contributed by atoms with Crippen molar-refractivity contribution in [1.82, 2.24) is 15.1 Å². The maximum atomic E-state index is 11.9. The van der Waals surface area contributed by atoms with E-state index in [1.807, 2.05) is 29.8 Å². The first-order chi connectivity index (χ1) is 9.92. The molecule has 0 unspecified atom stereocenters. The first-order valence-corrected chi connectivity index (χ1v) is 7.69. The number of hydrogen-bond donors (Lipinski definition) is 3. The molecule has 6 nitrogen and oxygen atoms in total. The van der Waals surface area contributed by atoms with Crippen LogP contribution in [0.5, 0.6) is 0 Å². The Labute approximate surface area is 127 Å². The Bertz CT molecular complexity index is 605. The molecule has 7 heteroatoms. The van der Waals surface area contributed by atoms with Gasteiger partial charge in [0.15, 0.2) is 0 Å². The van der Waals surface area contributed by atoms with E-state index in [-0.39, 0.29) is 12.6 Å². The molecule has 0 saturated carbocycles. The summed E-state index contributed by atoms with van der Waals surface area (Å²) in [5, 5.41) is 23.8. The summed E-state index contributed by atoms with van der Waals surface area (Å²) in [4.78, 5) is 11.9. The van der Waals surface area contributed by atoms with E-state index in [0.717, 1.165) is 17.7 Å². The second-order valence-corrected chi connectivity index (χ2v) is 5.87. The van der Waals surface area contributed by atoms with Gasteiger partial charge in [-0.3, -0.25) is 10.00 Å². The van der Waals surface area contributed by atoms with Gasteiger partial charge in [0.25, 0.3) is 0 Å². The zero-order valence-corrected chi connectivity index (χ0v) is 13.2. The minimum absolute atomic E-state index is 0.133. The number of rotatable bonds is 5. The molecule has 0 radical (unpaired) electrons. The summed E-state index contributed by atoms with van der Waals surface area (Å²) in [5.41, 5.74) is 0.623. The molecule has 2 aromatic rings. The number of nitrogens with one attached hydrogen (secondary N) is 2. The highest BCUT2D eigenvalue weighted by atomic mass is 32.1. The van der Waals surface area contributed by atoms with Crippen molar-refractivity contribution in [3.8, 4) is 0 Å². The van der Waals surface area contributed by atoms with Crippen molar-refractivity contribution in [3.05, 3.63) is 34.2 Å². The van der Waals surface area contributed by atoms with Crippen LogP contribution in [-0.2, 0) is 19.1 Å². The van der Waals surface area contributed by atoms with E-state index in [9.17, 15) is 9.90 Å². The van der Waals surface area contributed by atoms with E-state index in [4.69, 9.17) is 0 Å². The number of anilines is 1. The lowest BCUT2D eigenvalue weighted by atomic mass is 9.99. The minimum Gasteiger partial charge on any atom is -0.384 e. The van der Waals surface area contributed by atoms with Crippen LogP contribution in [0, 0.1) is 0 Å². The fraction of sp³-hybridized carbons (Fsp3) is 0.429. The molecule has 114 valence electrons. The zero-order chi connectivity index (χ0) is 15.5. The van der Waals surface area contributed by atoms with E-state index in [1.54, 1.807) is 18.7 Å². The van der Waals surface area contributed by atoms with E-state index in [0.29, 0.717) is 5.82 Å². The van der Waals surface area contributed by atoms with Crippen LogP contribution >= 0.6 is 11.3 Å². The summed E-state index contributed by atoms with van der Waals surface area (Å²) in [6, 6.07) is 3.31. The normalized spacial score (nSPS) is 13.7. The third-order valence-corrected chi connectivity index (χ3v) is 3.95. The molecule has 2 aromatic heterocycles. The highest BCUT2D eigenvalue weighted by Gasteiger charge is 2.24. The van der Waals surface area contributed by atoms with Gasteiger partial charge in [-0.25, -0.2) is 4.79 Å². The smallest absolute Gasteiger partial charge is 0.320 e.